The summed E-state index contributed by atoms with van der Waals surface area (Å²) in [4.78, 5) is 0. The average molecular weight is 284 g/mol. The van der Waals surface area contributed by atoms with Gasteiger partial charge in [0.05, 0.1) is 6.10 Å². The van der Waals surface area contributed by atoms with Crippen LogP contribution in [0.25, 0.3) is 0 Å². The van der Waals surface area contributed by atoms with E-state index in [1.165, 1.54) is 12.1 Å². The molecule has 1 rings (SSSR count). The topological polar surface area (TPSA) is 72.7 Å². The number of halogens is 2. The standard InChI is InChI=1S/C11H17NO3.2ClH/c1-7(2)12-6-11(15)8-3-4-9(13)10(14)5-8;;/h3-5,7,11-15H,6H2,1-2H3;2*1H. The van der Waals surface area contributed by atoms with E-state index < -0.39 is 6.10 Å². The Labute approximate surface area is 113 Å². The summed E-state index contributed by atoms with van der Waals surface area (Å²) in [5.41, 5.74) is 0.582. The summed E-state index contributed by atoms with van der Waals surface area (Å²) in [5.74, 6) is -0.390. The van der Waals surface area contributed by atoms with Crippen molar-refractivity contribution in [2.75, 3.05) is 6.54 Å². The Kier molecular flexibility index (Phi) is 9.25. The molecule has 0 saturated heterocycles. The van der Waals surface area contributed by atoms with Gasteiger partial charge in [-0.25, -0.2) is 0 Å². The number of nitrogens with one attached hydrogen (secondary N) is 1. The molecule has 0 aliphatic heterocycles. The molecule has 0 aliphatic rings. The number of rotatable bonds is 4. The van der Waals surface area contributed by atoms with E-state index in [2.05, 4.69) is 5.32 Å². The largest absolute Gasteiger partial charge is 0.504 e. The first-order valence-corrected chi connectivity index (χ1v) is 4.94. The maximum atomic E-state index is 9.73. The minimum Gasteiger partial charge on any atom is -0.504 e. The molecule has 100 valence electrons. The molecular formula is C11H19Cl2NO3. The van der Waals surface area contributed by atoms with Gasteiger partial charge < -0.3 is 20.6 Å². The van der Waals surface area contributed by atoms with Crippen LogP contribution in [0.1, 0.15) is 25.5 Å². The first kappa shape index (κ1) is 18.7. The second kappa shape index (κ2) is 8.42. The minimum absolute atomic E-state index is 0. The predicted octanol–water partition coefficient (Wildman–Crippen LogP) is 1.97. The predicted molar refractivity (Wildman–Crippen MR) is 72.4 cm³/mol. The number of hydrogen-bond donors (Lipinski definition) is 4. The second-order valence-corrected chi connectivity index (χ2v) is 3.83. The zero-order valence-corrected chi connectivity index (χ0v) is 11.4. The van der Waals surface area contributed by atoms with Crippen molar-refractivity contribution in [1.82, 2.24) is 5.32 Å². The molecule has 4 N–H and O–H groups in total. The highest BCUT2D eigenvalue weighted by Crippen LogP contribution is 2.27. The number of phenolic OH excluding ortho intramolecular Hbond substituents is 2. The number of aliphatic hydroxyl groups is 1. The second-order valence-electron chi connectivity index (χ2n) is 3.83. The van der Waals surface area contributed by atoms with Crippen LogP contribution in [0.4, 0.5) is 0 Å². The highest BCUT2D eigenvalue weighted by molar-refractivity contribution is 5.85. The summed E-state index contributed by atoms with van der Waals surface area (Å²) in [7, 11) is 0. The third-order valence-corrected chi connectivity index (χ3v) is 2.10. The first-order valence-electron chi connectivity index (χ1n) is 4.94. The van der Waals surface area contributed by atoms with Crippen LogP contribution in [0.2, 0.25) is 0 Å². The highest BCUT2D eigenvalue weighted by Gasteiger charge is 2.10. The first-order chi connectivity index (χ1) is 7.00. The van der Waals surface area contributed by atoms with E-state index in [9.17, 15) is 10.2 Å². The molecule has 0 aliphatic carbocycles. The van der Waals surface area contributed by atoms with E-state index in [0.29, 0.717) is 18.2 Å². The molecule has 1 aromatic carbocycles. The summed E-state index contributed by atoms with van der Waals surface area (Å²) in [6.45, 7) is 4.39. The number of benzene rings is 1. The summed E-state index contributed by atoms with van der Waals surface area (Å²) in [6, 6.07) is 4.61. The zero-order valence-electron chi connectivity index (χ0n) is 9.75. The maximum Gasteiger partial charge on any atom is 0.157 e. The van der Waals surface area contributed by atoms with Crippen molar-refractivity contribution in [2.45, 2.75) is 26.0 Å². The van der Waals surface area contributed by atoms with Gasteiger partial charge in [-0.2, -0.15) is 0 Å². The van der Waals surface area contributed by atoms with Crippen molar-refractivity contribution in [3.63, 3.8) is 0 Å². The number of phenols is 2. The molecule has 0 amide bonds. The van der Waals surface area contributed by atoms with Gasteiger partial charge in [-0.1, -0.05) is 19.9 Å². The van der Waals surface area contributed by atoms with E-state index in [1.54, 1.807) is 6.07 Å². The van der Waals surface area contributed by atoms with Gasteiger partial charge in [0, 0.05) is 12.6 Å². The Morgan fingerprint density at radius 3 is 2.18 bits per heavy atom. The number of aromatic hydroxyl groups is 2. The molecule has 0 spiro atoms. The van der Waals surface area contributed by atoms with E-state index in [-0.39, 0.29) is 36.3 Å². The van der Waals surface area contributed by atoms with E-state index >= 15 is 0 Å². The lowest BCUT2D eigenvalue weighted by molar-refractivity contribution is 0.171. The third kappa shape index (κ3) is 5.98. The van der Waals surface area contributed by atoms with Crippen LogP contribution in [0, 0.1) is 0 Å². The van der Waals surface area contributed by atoms with Crippen LogP contribution >= 0.6 is 24.8 Å². The Morgan fingerprint density at radius 2 is 1.71 bits per heavy atom. The summed E-state index contributed by atoms with van der Waals surface area (Å²) < 4.78 is 0. The molecule has 0 bridgehead atoms. The molecule has 0 aromatic heterocycles. The number of hydrogen-bond acceptors (Lipinski definition) is 4. The van der Waals surface area contributed by atoms with Gasteiger partial charge in [-0.15, -0.1) is 24.8 Å². The quantitative estimate of drug-likeness (QED) is 0.638. The van der Waals surface area contributed by atoms with Crippen LogP contribution in [0.15, 0.2) is 18.2 Å². The SMILES string of the molecule is CC(C)NCC(O)c1ccc(O)c(O)c1.Cl.Cl. The third-order valence-electron chi connectivity index (χ3n) is 2.10. The Balaban J connectivity index is 0. The molecule has 1 aromatic rings. The van der Waals surface area contributed by atoms with Gasteiger partial charge in [-0.05, 0) is 17.7 Å². The number of aliphatic hydroxyl groups excluding tert-OH is 1. The van der Waals surface area contributed by atoms with Crippen molar-refractivity contribution < 1.29 is 15.3 Å². The molecular weight excluding hydrogens is 265 g/mol. The van der Waals surface area contributed by atoms with Crippen LogP contribution in [-0.2, 0) is 0 Å². The average Bonchev–Trinajstić information content (AvgIpc) is 2.18. The Bertz CT molecular complexity index is 334. The molecule has 1 unspecified atom stereocenters. The fourth-order valence-electron chi connectivity index (χ4n) is 1.21. The lowest BCUT2D eigenvalue weighted by atomic mass is 10.1. The summed E-state index contributed by atoms with van der Waals surface area (Å²) >= 11 is 0. The van der Waals surface area contributed by atoms with Gasteiger partial charge in [0.15, 0.2) is 11.5 Å². The fourth-order valence-corrected chi connectivity index (χ4v) is 1.21. The van der Waals surface area contributed by atoms with E-state index in [4.69, 9.17) is 5.11 Å². The maximum absolute atomic E-state index is 9.73. The van der Waals surface area contributed by atoms with E-state index in [1.807, 2.05) is 13.8 Å². The van der Waals surface area contributed by atoms with Crippen molar-refractivity contribution in [1.29, 1.82) is 0 Å². The molecule has 6 heteroatoms. The van der Waals surface area contributed by atoms with Crippen molar-refractivity contribution in [3.05, 3.63) is 23.8 Å². The van der Waals surface area contributed by atoms with Crippen molar-refractivity contribution in [3.8, 4) is 11.5 Å². The normalized spacial score (nSPS) is 11.5. The van der Waals surface area contributed by atoms with Crippen molar-refractivity contribution in [2.24, 2.45) is 0 Å². The van der Waals surface area contributed by atoms with Gasteiger partial charge >= 0.3 is 0 Å². The van der Waals surface area contributed by atoms with Crippen LogP contribution in [0.3, 0.4) is 0 Å². The fraction of sp³-hybridized carbons (Fsp3) is 0.455. The van der Waals surface area contributed by atoms with Crippen LogP contribution < -0.4 is 5.32 Å². The van der Waals surface area contributed by atoms with Crippen LogP contribution in [0.5, 0.6) is 11.5 Å². The van der Waals surface area contributed by atoms with Gasteiger partial charge in [0.2, 0.25) is 0 Å². The molecule has 1 atom stereocenters. The van der Waals surface area contributed by atoms with E-state index in [0.717, 1.165) is 0 Å². The minimum atomic E-state index is -0.682. The van der Waals surface area contributed by atoms with Gasteiger partial charge in [0.1, 0.15) is 0 Å². The molecule has 0 saturated carbocycles. The molecule has 0 heterocycles. The van der Waals surface area contributed by atoms with Crippen molar-refractivity contribution >= 4 is 24.8 Å². The Hall–Kier alpha value is -0.680. The van der Waals surface area contributed by atoms with Gasteiger partial charge in [0.25, 0.3) is 0 Å². The summed E-state index contributed by atoms with van der Waals surface area (Å²) in [5, 5.41) is 31.2. The zero-order chi connectivity index (χ0) is 11.4. The van der Waals surface area contributed by atoms with Crippen LogP contribution in [-0.4, -0.2) is 27.9 Å². The highest BCUT2D eigenvalue weighted by atomic mass is 35.5. The lowest BCUT2D eigenvalue weighted by Crippen LogP contribution is -2.27. The molecule has 4 nitrogen and oxygen atoms in total. The van der Waals surface area contributed by atoms with Gasteiger partial charge in [-0.3, -0.25) is 0 Å². The molecule has 17 heavy (non-hydrogen) atoms. The Morgan fingerprint density at radius 1 is 1.12 bits per heavy atom. The summed E-state index contributed by atoms with van der Waals surface area (Å²) in [6.07, 6.45) is -0.682. The monoisotopic (exact) mass is 283 g/mol. The molecule has 0 radical (unpaired) electrons. The lowest BCUT2D eigenvalue weighted by Gasteiger charge is -2.14. The smallest absolute Gasteiger partial charge is 0.157 e. The molecule has 0 fully saturated rings.